The number of hydrogen-bond donors (Lipinski definition) is 0. The summed E-state index contributed by atoms with van der Waals surface area (Å²) in [5, 5.41) is 2.27. The smallest absolute Gasteiger partial charge is 0.260 e. The van der Waals surface area contributed by atoms with Crippen LogP contribution in [-0.4, -0.2) is 31.0 Å². The number of fused-ring (bicyclic) bond motifs is 1. The summed E-state index contributed by atoms with van der Waals surface area (Å²) in [5.74, 6) is 0.0300. The molecule has 0 spiro atoms. The number of halogens is 1. The highest BCUT2D eigenvalue weighted by atomic mass is 32.2. The highest BCUT2D eigenvalue weighted by molar-refractivity contribution is 8.14. The van der Waals surface area contributed by atoms with E-state index in [4.69, 9.17) is 0 Å². The number of amidine groups is 1. The van der Waals surface area contributed by atoms with Crippen molar-refractivity contribution >= 4 is 37.7 Å². The Morgan fingerprint density at radius 3 is 2.56 bits per heavy atom. The molecule has 7 heteroatoms. The lowest BCUT2D eigenvalue weighted by Gasteiger charge is -2.20. The lowest BCUT2D eigenvalue weighted by molar-refractivity contribution is 0.540. The second kappa shape index (κ2) is 7.32. The topological polar surface area (TPSA) is 49.7 Å². The number of rotatable bonds is 4. The number of hydrogen-bond acceptors (Lipinski definition) is 4. The second-order valence-corrected chi connectivity index (χ2v) is 8.94. The first-order valence-corrected chi connectivity index (χ1v) is 10.9. The van der Waals surface area contributed by atoms with E-state index in [0.29, 0.717) is 29.6 Å². The number of thioether (sulfide) groups is 1. The lowest BCUT2D eigenvalue weighted by Crippen LogP contribution is -2.32. The summed E-state index contributed by atoms with van der Waals surface area (Å²) in [5.41, 5.74) is 0.528. The van der Waals surface area contributed by atoms with Crippen LogP contribution < -0.4 is 0 Å². The number of nitrogens with zero attached hydrogens (tertiary/aromatic N) is 2. The average molecular weight is 401 g/mol. The summed E-state index contributed by atoms with van der Waals surface area (Å²) in [6.45, 7) is 0.710. The Kier molecular flexibility index (Phi) is 4.88. The molecule has 3 aromatic rings. The maximum Gasteiger partial charge on any atom is 0.265 e. The van der Waals surface area contributed by atoms with Crippen LogP contribution in [-0.2, 0) is 15.8 Å². The average Bonchev–Trinajstić information content (AvgIpc) is 3.16. The van der Waals surface area contributed by atoms with Crippen LogP contribution in [0.2, 0.25) is 0 Å². The summed E-state index contributed by atoms with van der Waals surface area (Å²) in [6.07, 6.45) is 0. The normalized spacial score (nSPS) is 14.6. The Bertz CT molecular complexity index is 1130. The summed E-state index contributed by atoms with van der Waals surface area (Å²) in [7, 11) is -3.71. The van der Waals surface area contributed by atoms with Crippen LogP contribution in [0.25, 0.3) is 10.8 Å². The minimum Gasteiger partial charge on any atom is -0.260 e. The van der Waals surface area contributed by atoms with Crippen molar-refractivity contribution in [1.29, 1.82) is 0 Å². The van der Waals surface area contributed by atoms with Gasteiger partial charge in [0.15, 0.2) is 5.17 Å². The fourth-order valence-corrected chi connectivity index (χ4v) is 5.71. The molecule has 0 fully saturated rings. The van der Waals surface area contributed by atoms with Gasteiger partial charge in [-0.15, -0.1) is 0 Å². The van der Waals surface area contributed by atoms with Crippen molar-refractivity contribution in [2.75, 3.05) is 13.1 Å². The van der Waals surface area contributed by atoms with Crippen molar-refractivity contribution in [3.8, 4) is 0 Å². The molecule has 138 valence electrons. The molecule has 1 aliphatic heterocycles. The lowest BCUT2D eigenvalue weighted by atomic mass is 10.1. The fourth-order valence-electron chi connectivity index (χ4n) is 2.96. The van der Waals surface area contributed by atoms with Crippen LogP contribution in [0.15, 0.2) is 76.6 Å². The third kappa shape index (κ3) is 3.57. The maximum absolute atomic E-state index is 13.8. The molecule has 1 aliphatic rings. The van der Waals surface area contributed by atoms with E-state index in [-0.39, 0.29) is 10.7 Å². The van der Waals surface area contributed by atoms with Crippen molar-refractivity contribution < 1.29 is 12.8 Å². The van der Waals surface area contributed by atoms with Gasteiger partial charge in [0.2, 0.25) is 0 Å². The SMILES string of the molecule is O=S(=O)(c1ccc2ccccc2c1)N1CCN=C1SCc1ccccc1F. The first-order valence-electron chi connectivity index (χ1n) is 8.48. The van der Waals surface area contributed by atoms with Gasteiger partial charge in [-0.2, -0.15) is 0 Å². The van der Waals surface area contributed by atoms with Gasteiger partial charge in [-0.05, 0) is 34.5 Å². The molecule has 0 saturated heterocycles. The van der Waals surface area contributed by atoms with E-state index in [1.165, 1.54) is 22.1 Å². The van der Waals surface area contributed by atoms with E-state index in [1.54, 1.807) is 30.3 Å². The van der Waals surface area contributed by atoms with Crippen molar-refractivity contribution in [2.24, 2.45) is 4.99 Å². The molecule has 0 aromatic heterocycles. The zero-order valence-electron chi connectivity index (χ0n) is 14.4. The first kappa shape index (κ1) is 18.0. The predicted molar refractivity (Wildman–Crippen MR) is 108 cm³/mol. The molecule has 4 rings (SSSR count). The maximum atomic E-state index is 13.8. The van der Waals surface area contributed by atoms with E-state index >= 15 is 0 Å². The minimum absolute atomic E-state index is 0.238. The van der Waals surface area contributed by atoms with Crippen LogP contribution in [0.4, 0.5) is 4.39 Å². The summed E-state index contributed by atoms with van der Waals surface area (Å²) in [6, 6.07) is 19.2. The monoisotopic (exact) mass is 400 g/mol. The van der Waals surface area contributed by atoms with Gasteiger partial charge in [-0.1, -0.05) is 60.3 Å². The van der Waals surface area contributed by atoms with Crippen LogP contribution >= 0.6 is 11.8 Å². The highest BCUT2D eigenvalue weighted by Crippen LogP contribution is 2.28. The van der Waals surface area contributed by atoms with Crippen LogP contribution in [0.1, 0.15) is 5.56 Å². The van der Waals surface area contributed by atoms with Crippen molar-refractivity contribution in [3.05, 3.63) is 78.1 Å². The molecule has 3 aromatic carbocycles. The Morgan fingerprint density at radius 2 is 1.74 bits per heavy atom. The number of benzene rings is 3. The predicted octanol–water partition coefficient (Wildman–Crippen LogP) is 4.27. The van der Waals surface area contributed by atoms with Gasteiger partial charge in [0.05, 0.1) is 18.0 Å². The van der Waals surface area contributed by atoms with Gasteiger partial charge in [0, 0.05) is 5.75 Å². The molecule has 0 N–H and O–H groups in total. The van der Waals surface area contributed by atoms with Gasteiger partial charge in [-0.3, -0.25) is 4.99 Å². The highest BCUT2D eigenvalue weighted by Gasteiger charge is 2.31. The molecule has 0 radical (unpaired) electrons. The molecule has 0 atom stereocenters. The Morgan fingerprint density at radius 1 is 1.00 bits per heavy atom. The van der Waals surface area contributed by atoms with Crippen molar-refractivity contribution in [1.82, 2.24) is 4.31 Å². The first-order chi connectivity index (χ1) is 13.1. The van der Waals surface area contributed by atoms with E-state index in [9.17, 15) is 12.8 Å². The molecule has 0 saturated carbocycles. The van der Waals surface area contributed by atoms with Gasteiger partial charge in [-0.25, -0.2) is 17.1 Å². The molecule has 27 heavy (non-hydrogen) atoms. The molecule has 0 amide bonds. The van der Waals surface area contributed by atoms with Gasteiger partial charge >= 0.3 is 0 Å². The molecule has 0 unspecified atom stereocenters. The van der Waals surface area contributed by atoms with E-state index < -0.39 is 10.0 Å². The number of aliphatic imine (C=N–C) groups is 1. The van der Waals surface area contributed by atoms with Gasteiger partial charge in [0.25, 0.3) is 10.0 Å². The summed E-state index contributed by atoms with van der Waals surface area (Å²) < 4.78 is 41.4. The molecule has 1 heterocycles. The van der Waals surface area contributed by atoms with Crippen LogP contribution in [0, 0.1) is 5.82 Å². The van der Waals surface area contributed by atoms with E-state index in [1.807, 2.05) is 30.3 Å². The van der Waals surface area contributed by atoms with Gasteiger partial charge < -0.3 is 0 Å². The third-order valence-corrected chi connectivity index (χ3v) is 7.35. The van der Waals surface area contributed by atoms with Crippen molar-refractivity contribution in [2.45, 2.75) is 10.6 Å². The Labute approximate surface area is 161 Å². The third-order valence-electron chi connectivity index (χ3n) is 4.39. The van der Waals surface area contributed by atoms with Crippen molar-refractivity contribution in [3.63, 3.8) is 0 Å². The molecular formula is C20H17FN2O2S2. The Hall–Kier alpha value is -2.38. The molecule has 0 bridgehead atoms. The quantitative estimate of drug-likeness (QED) is 0.657. The molecule has 0 aliphatic carbocycles. The molecular weight excluding hydrogens is 383 g/mol. The van der Waals surface area contributed by atoms with E-state index in [0.717, 1.165) is 10.8 Å². The summed E-state index contributed by atoms with van der Waals surface area (Å²) in [4.78, 5) is 4.56. The Balaban J connectivity index is 1.58. The second-order valence-electron chi connectivity index (χ2n) is 6.13. The van der Waals surface area contributed by atoms with Crippen LogP contribution in [0.3, 0.4) is 0 Å². The zero-order valence-corrected chi connectivity index (χ0v) is 16.0. The van der Waals surface area contributed by atoms with Gasteiger partial charge in [0.1, 0.15) is 5.82 Å². The fraction of sp³-hybridized carbons (Fsp3) is 0.150. The zero-order chi connectivity index (χ0) is 18.9. The largest absolute Gasteiger partial charge is 0.265 e. The number of sulfonamides is 1. The standard InChI is InChI=1S/C20H17FN2O2S2/c21-19-8-4-3-7-17(19)14-26-20-22-11-12-23(20)27(24,25)18-10-9-15-5-1-2-6-16(15)13-18/h1-10,13H,11-12,14H2. The summed E-state index contributed by atoms with van der Waals surface area (Å²) >= 11 is 1.24. The minimum atomic E-state index is -3.71. The van der Waals surface area contributed by atoms with E-state index in [2.05, 4.69) is 4.99 Å². The molecule has 4 nitrogen and oxygen atoms in total. The van der Waals surface area contributed by atoms with Crippen LogP contribution in [0.5, 0.6) is 0 Å².